The first kappa shape index (κ1) is 14.2. The van der Waals surface area contributed by atoms with Gasteiger partial charge in [0.25, 0.3) is 0 Å². The Labute approximate surface area is 125 Å². The third kappa shape index (κ3) is 2.82. The number of rotatable bonds is 3. The molecule has 1 unspecified atom stereocenters. The lowest BCUT2D eigenvalue weighted by Crippen LogP contribution is -2.18. The van der Waals surface area contributed by atoms with Gasteiger partial charge in [-0.15, -0.1) is 11.3 Å². The molecule has 0 aliphatic carbocycles. The van der Waals surface area contributed by atoms with Crippen molar-refractivity contribution in [2.45, 2.75) is 18.6 Å². The Balaban J connectivity index is 1.83. The van der Waals surface area contributed by atoms with Crippen LogP contribution in [0.1, 0.15) is 27.8 Å². The number of thiazole rings is 1. The standard InChI is InChI=1S/C15H15FN2O2S/c1-18-7-11(16)6-13(18)14-17-12(8-21-14)9-2-4-10(5-3-9)15(19)20/h2-5,8,11,13H,6-7H2,1H3,(H,19,20)/t11-,13?/m0/s1. The van der Waals surface area contributed by atoms with Crippen molar-refractivity contribution in [3.8, 4) is 11.3 Å². The molecule has 3 rings (SSSR count). The van der Waals surface area contributed by atoms with Gasteiger partial charge < -0.3 is 5.11 Å². The third-order valence-corrected chi connectivity index (χ3v) is 4.68. The molecule has 0 bridgehead atoms. The lowest BCUT2D eigenvalue weighted by Gasteiger charge is -2.15. The maximum absolute atomic E-state index is 13.4. The van der Waals surface area contributed by atoms with Gasteiger partial charge in [-0.2, -0.15) is 0 Å². The number of benzene rings is 1. The molecule has 1 aliphatic heterocycles. The van der Waals surface area contributed by atoms with E-state index in [1.165, 1.54) is 11.3 Å². The second-order valence-corrected chi connectivity index (χ2v) is 6.13. The number of halogens is 1. The molecule has 2 aromatic rings. The summed E-state index contributed by atoms with van der Waals surface area (Å²) >= 11 is 1.52. The fraction of sp³-hybridized carbons (Fsp3) is 0.333. The first-order valence-corrected chi connectivity index (χ1v) is 7.56. The average molecular weight is 306 g/mol. The van der Waals surface area contributed by atoms with E-state index in [9.17, 15) is 9.18 Å². The van der Waals surface area contributed by atoms with Gasteiger partial charge in [-0.05, 0) is 19.2 Å². The predicted octanol–water partition coefficient (Wildman–Crippen LogP) is 3.22. The molecule has 1 saturated heterocycles. The van der Waals surface area contributed by atoms with Gasteiger partial charge in [-0.3, -0.25) is 4.90 Å². The van der Waals surface area contributed by atoms with Crippen LogP contribution in [0.5, 0.6) is 0 Å². The first-order chi connectivity index (χ1) is 10.0. The van der Waals surface area contributed by atoms with Crippen LogP contribution in [0.15, 0.2) is 29.6 Å². The van der Waals surface area contributed by atoms with Crippen LogP contribution >= 0.6 is 11.3 Å². The number of likely N-dealkylation sites (tertiary alicyclic amines) is 1. The van der Waals surface area contributed by atoms with Crippen molar-refractivity contribution in [3.63, 3.8) is 0 Å². The monoisotopic (exact) mass is 306 g/mol. The predicted molar refractivity (Wildman–Crippen MR) is 79.4 cm³/mol. The van der Waals surface area contributed by atoms with E-state index >= 15 is 0 Å². The van der Waals surface area contributed by atoms with Gasteiger partial charge in [0.05, 0.1) is 17.3 Å². The summed E-state index contributed by atoms with van der Waals surface area (Å²) < 4.78 is 13.4. The molecular weight excluding hydrogens is 291 g/mol. The molecule has 0 radical (unpaired) electrons. The number of hydrogen-bond donors (Lipinski definition) is 1. The van der Waals surface area contributed by atoms with Crippen LogP contribution in [0, 0.1) is 0 Å². The van der Waals surface area contributed by atoms with E-state index < -0.39 is 12.1 Å². The molecule has 21 heavy (non-hydrogen) atoms. The summed E-state index contributed by atoms with van der Waals surface area (Å²) in [5, 5.41) is 11.7. The Morgan fingerprint density at radius 2 is 2.14 bits per heavy atom. The van der Waals surface area contributed by atoms with Crippen LogP contribution in [0.2, 0.25) is 0 Å². The molecule has 1 fully saturated rings. The minimum atomic E-state index is -0.943. The highest BCUT2D eigenvalue weighted by molar-refractivity contribution is 7.10. The normalized spacial score (nSPS) is 22.6. The summed E-state index contributed by atoms with van der Waals surface area (Å²) in [4.78, 5) is 17.4. The number of alkyl halides is 1. The zero-order valence-electron chi connectivity index (χ0n) is 11.5. The second-order valence-electron chi connectivity index (χ2n) is 5.24. The van der Waals surface area contributed by atoms with E-state index in [0.717, 1.165) is 16.3 Å². The van der Waals surface area contributed by atoms with Crippen molar-refractivity contribution in [2.24, 2.45) is 0 Å². The van der Waals surface area contributed by atoms with Gasteiger partial charge >= 0.3 is 5.97 Å². The SMILES string of the molecule is CN1C[C@@H](F)CC1c1nc(-c2ccc(C(=O)O)cc2)cs1. The number of carboxylic acids is 1. The third-order valence-electron chi connectivity index (χ3n) is 3.73. The zero-order chi connectivity index (χ0) is 15.0. The topological polar surface area (TPSA) is 53.4 Å². The molecule has 0 amide bonds. The molecule has 110 valence electrons. The number of carbonyl (C=O) groups is 1. The van der Waals surface area contributed by atoms with E-state index in [2.05, 4.69) is 4.98 Å². The van der Waals surface area contributed by atoms with Crippen LogP contribution in [0.25, 0.3) is 11.3 Å². The van der Waals surface area contributed by atoms with E-state index in [0.29, 0.717) is 13.0 Å². The smallest absolute Gasteiger partial charge is 0.335 e. The van der Waals surface area contributed by atoms with E-state index in [1.54, 1.807) is 24.3 Å². The van der Waals surface area contributed by atoms with Crippen molar-refractivity contribution in [2.75, 3.05) is 13.6 Å². The van der Waals surface area contributed by atoms with Gasteiger partial charge in [0.15, 0.2) is 0 Å². The van der Waals surface area contributed by atoms with Gasteiger partial charge in [-0.1, -0.05) is 12.1 Å². The molecule has 2 atom stereocenters. The lowest BCUT2D eigenvalue weighted by molar-refractivity contribution is 0.0697. The van der Waals surface area contributed by atoms with Gasteiger partial charge in [0.1, 0.15) is 11.2 Å². The molecule has 6 heteroatoms. The molecule has 4 nitrogen and oxygen atoms in total. The highest BCUT2D eigenvalue weighted by atomic mass is 32.1. The summed E-state index contributed by atoms with van der Waals surface area (Å²) in [6.45, 7) is 0.451. The van der Waals surface area contributed by atoms with Crippen molar-refractivity contribution < 1.29 is 14.3 Å². The lowest BCUT2D eigenvalue weighted by atomic mass is 10.1. The van der Waals surface area contributed by atoms with Gasteiger partial charge in [0, 0.05) is 23.9 Å². The van der Waals surface area contributed by atoms with Crippen molar-refractivity contribution in [1.82, 2.24) is 9.88 Å². The Bertz CT molecular complexity index is 656. The minimum absolute atomic E-state index is 0.0389. The van der Waals surface area contributed by atoms with Crippen LogP contribution < -0.4 is 0 Å². The highest BCUT2D eigenvalue weighted by Crippen LogP contribution is 2.35. The molecule has 0 spiro atoms. The zero-order valence-corrected chi connectivity index (χ0v) is 12.3. The summed E-state index contributed by atoms with van der Waals surface area (Å²) in [6, 6.07) is 6.67. The molecule has 1 aliphatic rings. The Morgan fingerprint density at radius 3 is 2.71 bits per heavy atom. The number of aromatic nitrogens is 1. The molecule has 0 saturated carbocycles. The summed E-state index contributed by atoms with van der Waals surface area (Å²) in [5.74, 6) is -0.943. The molecule has 2 heterocycles. The Morgan fingerprint density at radius 1 is 1.43 bits per heavy atom. The van der Waals surface area contributed by atoms with Crippen LogP contribution in [-0.2, 0) is 0 Å². The summed E-state index contributed by atoms with van der Waals surface area (Å²) in [7, 11) is 1.91. The number of aromatic carboxylic acids is 1. The highest BCUT2D eigenvalue weighted by Gasteiger charge is 2.32. The summed E-state index contributed by atoms with van der Waals surface area (Å²) in [6.07, 6.45) is -0.302. The molecule has 1 aromatic heterocycles. The fourth-order valence-corrected chi connectivity index (χ4v) is 3.59. The first-order valence-electron chi connectivity index (χ1n) is 6.68. The second kappa shape index (κ2) is 5.54. The Kier molecular flexibility index (Phi) is 3.73. The van der Waals surface area contributed by atoms with E-state index in [4.69, 9.17) is 5.11 Å². The largest absolute Gasteiger partial charge is 0.478 e. The molecular formula is C15H15FN2O2S. The van der Waals surface area contributed by atoms with E-state index in [1.807, 2.05) is 17.3 Å². The van der Waals surface area contributed by atoms with Crippen molar-refractivity contribution in [1.29, 1.82) is 0 Å². The molecule has 1 aromatic carbocycles. The van der Waals surface area contributed by atoms with E-state index in [-0.39, 0.29) is 11.6 Å². The number of nitrogens with zero attached hydrogens (tertiary/aromatic N) is 2. The number of carboxylic acid groups (broad SMARTS) is 1. The van der Waals surface area contributed by atoms with Crippen molar-refractivity contribution >= 4 is 17.3 Å². The maximum atomic E-state index is 13.4. The van der Waals surface area contributed by atoms with Gasteiger partial charge in [-0.25, -0.2) is 14.2 Å². The van der Waals surface area contributed by atoms with Crippen LogP contribution in [-0.4, -0.2) is 40.7 Å². The number of hydrogen-bond acceptors (Lipinski definition) is 4. The summed E-state index contributed by atoms with van der Waals surface area (Å²) in [5.41, 5.74) is 1.94. The quantitative estimate of drug-likeness (QED) is 0.946. The molecule has 1 N–H and O–H groups in total. The average Bonchev–Trinajstić information content (AvgIpc) is 3.05. The Hall–Kier alpha value is -1.79. The minimum Gasteiger partial charge on any atom is -0.478 e. The van der Waals surface area contributed by atoms with Crippen LogP contribution in [0.4, 0.5) is 4.39 Å². The van der Waals surface area contributed by atoms with Crippen molar-refractivity contribution in [3.05, 3.63) is 40.2 Å². The van der Waals surface area contributed by atoms with Crippen LogP contribution in [0.3, 0.4) is 0 Å². The fourth-order valence-electron chi connectivity index (χ4n) is 2.58. The maximum Gasteiger partial charge on any atom is 0.335 e. The van der Waals surface area contributed by atoms with Gasteiger partial charge in [0.2, 0.25) is 0 Å².